The minimum Gasteiger partial charge on any atom is -0.413 e. The first-order chi connectivity index (χ1) is 11.3. The second kappa shape index (κ2) is 6.87. The van der Waals surface area contributed by atoms with Gasteiger partial charge in [0.1, 0.15) is 5.78 Å². The number of halogens is 3. The van der Waals surface area contributed by atoms with E-state index in [4.69, 9.17) is 4.43 Å². The molecule has 0 aromatic heterocycles. The molecule has 25 heavy (non-hydrogen) atoms. The van der Waals surface area contributed by atoms with Gasteiger partial charge >= 0.3 is 6.18 Å². The number of carbonyl (C=O) groups is 1. The Hall–Kier alpha value is -1.14. The van der Waals surface area contributed by atoms with Crippen LogP contribution in [0.5, 0.6) is 0 Å². The highest BCUT2D eigenvalue weighted by Gasteiger charge is 2.39. The molecule has 0 N–H and O–H groups in total. The maximum absolute atomic E-state index is 13.5. The lowest BCUT2D eigenvalue weighted by atomic mass is 9.90. The highest BCUT2D eigenvalue weighted by atomic mass is 28.4. The Kier molecular flexibility index (Phi) is 5.55. The molecule has 0 radical (unpaired) electrons. The quantitative estimate of drug-likeness (QED) is 0.600. The number of carbonyl (C=O) groups excluding carboxylic acids is 1. The summed E-state index contributed by atoms with van der Waals surface area (Å²) in [6, 6.07) is 4.30. The Morgan fingerprint density at radius 3 is 2.32 bits per heavy atom. The number of benzene rings is 1. The van der Waals surface area contributed by atoms with E-state index in [0.717, 1.165) is 6.07 Å². The zero-order valence-corrected chi connectivity index (χ0v) is 16.6. The SMILES string of the molecule is CC(C)(C)[Si](C)(C)OCc1ccc(C2CCCC2=O)c(C(F)(F)F)c1. The Balaban J connectivity index is 2.29. The van der Waals surface area contributed by atoms with Crippen molar-refractivity contribution in [1.82, 2.24) is 0 Å². The molecule has 1 aromatic carbocycles. The number of ketones is 1. The first-order valence-corrected chi connectivity index (χ1v) is 11.6. The summed E-state index contributed by atoms with van der Waals surface area (Å²) in [6.07, 6.45) is -2.93. The van der Waals surface area contributed by atoms with Crippen molar-refractivity contribution < 1.29 is 22.4 Å². The molecule has 1 aliphatic rings. The first kappa shape index (κ1) is 20.2. The Labute approximate surface area is 148 Å². The third-order valence-electron chi connectivity index (χ3n) is 5.51. The van der Waals surface area contributed by atoms with E-state index in [1.165, 1.54) is 6.07 Å². The van der Waals surface area contributed by atoms with Crippen LogP contribution in [0.4, 0.5) is 13.2 Å². The molecule has 1 atom stereocenters. The van der Waals surface area contributed by atoms with Gasteiger partial charge < -0.3 is 4.43 Å². The molecule has 0 heterocycles. The molecule has 0 amide bonds. The lowest BCUT2D eigenvalue weighted by molar-refractivity contribution is -0.138. The highest BCUT2D eigenvalue weighted by molar-refractivity contribution is 6.74. The third-order valence-corrected chi connectivity index (χ3v) is 9.99. The van der Waals surface area contributed by atoms with Crippen LogP contribution in [0.2, 0.25) is 18.1 Å². The van der Waals surface area contributed by atoms with Gasteiger partial charge in [0.25, 0.3) is 0 Å². The van der Waals surface area contributed by atoms with Crippen molar-refractivity contribution in [2.45, 2.75) is 76.9 Å². The molecule has 0 aliphatic heterocycles. The van der Waals surface area contributed by atoms with Crippen LogP contribution in [0.1, 0.15) is 62.6 Å². The van der Waals surface area contributed by atoms with Gasteiger partial charge in [-0.1, -0.05) is 32.9 Å². The van der Waals surface area contributed by atoms with E-state index in [9.17, 15) is 18.0 Å². The van der Waals surface area contributed by atoms with Gasteiger partial charge in [-0.3, -0.25) is 4.79 Å². The van der Waals surface area contributed by atoms with Crippen LogP contribution in [-0.2, 0) is 22.0 Å². The monoisotopic (exact) mass is 372 g/mol. The van der Waals surface area contributed by atoms with Crippen molar-refractivity contribution in [3.8, 4) is 0 Å². The number of rotatable bonds is 4. The average Bonchev–Trinajstić information content (AvgIpc) is 2.89. The fraction of sp³-hybridized carbons (Fsp3) is 0.632. The van der Waals surface area contributed by atoms with E-state index in [-0.39, 0.29) is 23.0 Å². The summed E-state index contributed by atoms with van der Waals surface area (Å²) < 4.78 is 46.6. The molecule has 1 saturated carbocycles. The van der Waals surface area contributed by atoms with E-state index in [2.05, 4.69) is 33.9 Å². The lowest BCUT2D eigenvalue weighted by Gasteiger charge is -2.36. The molecular formula is C19H27F3O2Si. The molecule has 2 nitrogen and oxygen atoms in total. The molecule has 1 fully saturated rings. The number of hydrogen-bond acceptors (Lipinski definition) is 2. The predicted octanol–water partition coefficient (Wildman–Crippen LogP) is 6.06. The fourth-order valence-corrected chi connectivity index (χ4v) is 3.83. The van der Waals surface area contributed by atoms with Crippen LogP contribution in [-0.4, -0.2) is 14.1 Å². The summed E-state index contributed by atoms with van der Waals surface area (Å²) >= 11 is 0. The van der Waals surface area contributed by atoms with Crippen LogP contribution in [0, 0.1) is 0 Å². The minimum absolute atomic E-state index is 0.00390. The second-order valence-corrected chi connectivity index (χ2v) is 13.2. The van der Waals surface area contributed by atoms with Gasteiger partial charge in [-0.15, -0.1) is 0 Å². The third kappa shape index (κ3) is 4.53. The highest BCUT2D eigenvalue weighted by Crippen LogP contribution is 2.41. The van der Waals surface area contributed by atoms with Crippen LogP contribution in [0.15, 0.2) is 18.2 Å². The molecule has 2 rings (SSSR count). The average molecular weight is 373 g/mol. The van der Waals surface area contributed by atoms with Crippen molar-refractivity contribution in [1.29, 1.82) is 0 Å². The van der Waals surface area contributed by atoms with E-state index in [1.54, 1.807) is 6.07 Å². The van der Waals surface area contributed by atoms with Gasteiger partial charge in [0.15, 0.2) is 8.32 Å². The maximum Gasteiger partial charge on any atom is 0.416 e. The minimum atomic E-state index is -4.47. The predicted molar refractivity (Wildman–Crippen MR) is 95.0 cm³/mol. The van der Waals surface area contributed by atoms with E-state index < -0.39 is 26.0 Å². The summed E-state index contributed by atoms with van der Waals surface area (Å²) in [5.74, 6) is -0.706. The Morgan fingerprint density at radius 2 is 1.84 bits per heavy atom. The fourth-order valence-electron chi connectivity index (χ4n) is 2.87. The van der Waals surface area contributed by atoms with Gasteiger partial charge in [-0.25, -0.2) is 0 Å². The largest absolute Gasteiger partial charge is 0.416 e. The molecule has 0 spiro atoms. The second-order valence-electron chi connectivity index (χ2n) is 8.38. The van der Waals surface area contributed by atoms with Crippen molar-refractivity contribution in [2.75, 3.05) is 0 Å². The molecule has 6 heteroatoms. The van der Waals surface area contributed by atoms with E-state index >= 15 is 0 Å². The topological polar surface area (TPSA) is 26.3 Å². The number of alkyl halides is 3. The van der Waals surface area contributed by atoms with Crippen molar-refractivity contribution in [3.05, 3.63) is 34.9 Å². The van der Waals surface area contributed by atoms with Gasteiger partial charge in [0, 0.05) is 12.3 Å². The van der Waals surface area contributed by atoms with Crippen molar-refractivity contribution in [2.24, 2.45) is 0 Å². The normalized spacial score (nSPS) is 19.5. The molecular weight excluding hydrogens is 345 g/mol. The zero-order valence-electron chi connectivity index (χ0n) is 15.6. The molecule has 140 valence electrons. The number of hydrogen-bond donors (Lipinski definition) is 0. The number of Topliss-reactive ketones (excluding diaryl/α,β-unsaturated/α-hetero) is 1. The van der Waals surface area contributed by atoms with Gasteiger partial charge in [0.05, 0.1) is 12.2 Å². The zero-order chi connectivity index (χ0) is 19.0. The van der Waals surface area contributed by atoms with Crippen LogP contribution in [0.3, 0.4) is 0 Å². The Morgan fingerprint density at radius 1 is 1.20 bits per heavy atom. The van der Waals surface area contributed by atoms with Gasteiger partial charge in [-0.2, -0.15) is 13.2 Å². The van der Waals surface area contributed by atoms with Gasteiger partial charge in [-0.05, 0) is 48.2 Å². The molecule has 0 saturated heterocycles. The van der Waals surface area contributed by atoms with Gasteiger partial charge in [0.2, 0.25) is 0 Å². The Bertz CT molecular complexity index is 645. The van der Waals surface area contributed by atoms with Crippen LogP contribution in [0.25, 0.3) is 0 Å². The molecule has 1 aliphatic carbocycles. The van der Waals surface area contributed by atoms with Crippen LogP contribution >= 0.6 is 0 Å². The first-order valence-electron chi connectivity index (χ1n) is 8.69. The summed E-state index contributed by atoms with van der Waals surface area (Å²) in [6.45, 7) is 10.6. The van der Waals surface area contributed by atoms with Crippen molar-refractivity contribution in [3.63, 3.8) is 0 Å². The molecule has 0 bridgehead atoms. The van der Waals surface area contributed by atoms with E-state index in [0.29, 0.717) is 24.8 Å². The van der Waals surface area contributed by atoms with Crippen molar-refractivity contribution >= 4 is 14.1 Å². The van der Waals surface area contributed by atoms with Crippen LogP contribution < -0.4 is 0 Å². The maximum atomic E-state index is 13.5. The smallest absolute Gasteiger partial charge is 0.413 e. The van der Waals surface area contributed by atoms with E-state index in [1.807, 2.05) is 0 Å². The summed E-state index contributed by atoms with van der Waals surface area (Å²) in [4.78, 5) is 11.9. The molecule has 1 aromatic rings. The summed E-state index contributed by atoms with van der Waals surface area (Å²) in [5, 5.41) is -0.00390. The summed E-state index contributed by atoms with van der Waals surface area (Å²) in [7, 11) is -2.04. The standard InChI is InChI=1S/C19H27F3O2Si/c1-18(2,3)25(4,5)24-12-13-9-10-14(15-7-6-8-17(15)23)16(11-13)19(20,21)22/h9-11,15H,6-8,12H2,1-5H3. The molecule has 1 unspecified atom stereocenters. The lowest BCUT2D eigenvalue weighted by Crippen LogP contribution is -2.40. The summed E-state index contributed by atoms with van der Waals surface area (Å²) in [5.41, 5.74) is -0.0681.